The summed E-state index contributed by atoms with van der Waals surface area (Å²) in [4.78, 5) is 2.34. The fraction of sp³-hybridized carbons (Fsp3) is 0.600. The summed E-state index contributed by atoms with van der Waals surface area (Å²) >= 11 is 0. The Balaban J connectivity index is 2.52. The molecule has 0 saturated heterocycles. The van der Waals surface area contributed by atoms with Crippen LogP contribution in [0.2, 0.25) is 0 Å². The van der Waals surface area contributed by atoms with Crippen molar-refractivity contribution >= 4 is 0 Å². The van der Waals surface area contributed by atoms with Crippen LogP contribution in [-0.4, -0.2) is 29.1 Å². The van der Waals surface area contributed by atoms with E-state index in [0.29, 0.717) is 18.0 Å². The van der Waals surface area contributed by atoms with Gasteiger partial charge < -0.3 is 10.0 Å². The van der Waals surface area contributed by atoms with Gasteiger partial charge in [-0.05, 0) is 44.0 Å². The molecule has 0 saturated carbocycles. The molecule has 3 heteroatoms. The van der Waals surface area contributed by atoms with Crippen LogP contribution < -0.4 is 0 Å². The minimum absolute atomic E-state index is 0.291. The summed E-state index contributed by atoms with van der Waals surface area (Å²) in [6.07, 6.45) is 1.16. The van der Waals surface area contributed by atoms with Crippen LogP contribution in [0.25, 0.3) is 0 Å². The molecule has 0 radical (unpaired) electrons. The second kappa shape index (κ2) is 7.49. The highest BCUT2D eigenvalue weighted by Gasteiger charge is 2.13. The number of halogens is 1. The van der Waals surface area contributed by atoms with E-state index in [1.807, 2.05) is 0 Å². The quantitative estimate of drug-likeness (QED) is 0.805. The van der Waals surface area contributed by atoms with Crippen LogP contribution in [0.5, 0.6) is 0 Å². The van der Waals surface area contributed by atoms with Crippen molar-refractivity contribution < 1.29 is 9.50 Å². The maximum atomic E-state index is 13.1. The van der Waals surface area contributed by atoms with E-state index in [0.717, 1.165) is 19.5 Å². The number of hydrogen-bond donors (Lipinski definition) is 1. The number of nitrogens with zero attached hydrogens (tertiary/aromatic N) is 1. The molecule has 1 N–H and O–H groups in total. The lowest BCUT2D eigenvalue weighted by atomic mass is 10.1. The van der Waals surface area contributed by atoms with E-state index >= 15 is 0 Å². The average Bonchev–Trinajstić information content (AvgIpc) is 2.38. The fourth-order valence-corrected chi connectivity index (χ4v) is 2.12. The summed E-state index contributed by atoms with van der Waals surface area (Å²) in [6, 6.07) is 6.74. The summed E-state index contributed by atoms with van der Waals surface area (Å²) in [5.74, 6) is -0.291. The lowest BCUT2D eigenvalue weighted by Gasteiger charge is -2.27. The molecule has 1 rings (SSSR count). The molecule has 0 bridgehead atoms. The van der Waals surface area contributed by atoms with Gasteiger partial charge in [0, 0.05) is 12.6 Å². The molecule has 0 amide bonds. The molecule has 1 aromatic carbocycles. The van der Waals surface area contributed by atoms with Gasteiger partial charge in [0.05, 0.1) is 6.10 Å². The van der Waals surface area contributed by atoms with Gasteiger partial charge >= 0.3 is 0 Å². The number of aliphatic hydroxyl groups excluding tert-OH is 1. The molecule has 0 fully saturated rings. The molecule has 2 atom stereocenters. The van der Waals surface area contributed by atoms with Gasteiger partial charge in [-0.2, -0.15) is 0 Å². The second-order valence-electron chi connectivity index (χ2n) is 4.75. The van der Waals surface area contributed by atoms with Crippen molar-refractivity contribution in [2.45, 2.75) is 45.8 Å². The third-order valence-corrected chi connectivity index (χ3v) is 3.54. The number of aliphatic hydroxyl groups is 1. The third-order valence-electron chi connectivity index (χ3n) is 3.54. The molecule has 0 spiro atoms. The van der Waals surface area contributed by atoms with Crippen molar-refractivity contribution in [3.05, 3.63) is 35.6 Å². The van der Waals surface area contributed by atoms with Crippen molar-refractivity contribution in [2.24, 2.45) is 0 Å². The smallest absolute Gasteiger partial charge is 0.123 e. The Morgan fingerprint density at radius 3 is 2.61 bits per heavy atom. The van der Waals surface area contributed by atoms with E-state index in [9.17, 15) is 9.50 Å². The van der Waals surface area contributed by atoms with Crippen LogP contribution in [-0.2, 0) is 0 Å². The summed E-state index contributed by atoms with van der Waals surface area (Å²) < 4.78 is 13.1. The Kier molecular flexibility index (Phi) is 6.30. The lowest BCUT2D eigenvalue weighted by molar-refractivity contribution is 0.128. The predicted molar refractivity (Wildman–Crippen MR) is 73.0 cm³/mol. The first-order valence-corrected chi connectivity index (χ1v) is 6.76. The van der Waals surface area contributed by atoms with E-state index < -0.39 is 6.10 Å². The van der Waals surface area contributed by atoms with Gasteiger partial charge in [0.2, 0.25) is 0 Å². The van der Waals surface area contributed by atoms with Crippen LogP contribution in [0.4, 0.5) is 4.39 Å². The number of hydrogen-bond acceptors (Lipinski definition) is 2. The Labute approximate surface area is 109 Å². The molecule has 0 aromatic heterocycles. The van der Waals surface area contributed by atoms with Gasteiger partial charge in [0.1, 0.15) is 5.82 Å². The van der Waals surface area contributed by atoms with Gasteiger partial charge in [0.25, 0.3) is 0 Å². The minimum atomic E-state index is -0.584. The first-order valence-electron chi connectivity index (χ1n) is 6.76. The van der Waals surface area contributed by atoms with Crippen LogP contribution in [0.1, 0.15) is 45.3 Å². The highest BCUT2D eigenvalue weighted by Crippen LogP contribution is 2.18. The summed E-state index contributed by atoms with van der Waals surface area (Å²) in [6.45, 7) is 8.29. The van der Waals surface area contributed by atoms with Crippen LogP contribution in [0.3, 0.4) is 0 Å². The standard InChI is InChI=1S/C15H24FNO/c1-4-12(3)17(5-2)10-9-15(18)13-7-6-8-14(16)11-13/h6-8,11-12,15,18H,4-5,9-10H2,1-3H3. The normalized spacial score (nSPS) is 14.8. The van der Waals surface area contributed by atoms with Gasteiger partial charge in [-0.15, -0.1) is 0 Å². The van der Waals surface area contributed by atoms with E-state index in [4.69, 9.17) is 0 Å². The summed E-state index contributed by atoms with van der Waals surface area (Å²) in [5.41, 5.74) is 0.662. The van der Waals surface area contributed by atoms with Gasteiger partial charge in [-0.25, -0.2) is 4.39 Å². The van der Waals surface area contributed by atoms with E-state index in [2.05, 4.69) is 25.7 Å². The monoisotopic (exact) mass is 253 g/mol. The lowest BCUT2D eigenvalue weighted by Crippen LogP contribution is -2.34. The zero-order chi connectivity index (χ0) is 13.5. The van der Waals surface area contributed by atoms with Crippen LogP contribution >= 0.6 is 0 Å². The van der Waals surface area contributed by atoms with Crippen LogP contribution in [0, 0.1) is 5.82 Å². The van der Waals surface area contributed by atoms with Crippen LogP contribution in [0.15, 0.2) is 24.3 Å². The highest BCUT2D eigenvalue weighted by atomic mass is 19.1. The first-order chi connectivity index (χ1) is 8.58. The first kappa shape index (κ1) is 15.1. The Hall–Kier alpha value is -0.930. The van der Waals surface area contributed by atoms with Crippen molar-refractivity contribution in [1.82, 2.24) is 4.90 Å². The molecule has 0 heterocycles. The van der Waals surface area contributed by atoms with Crippen molar-refractivity contribution in [3.8, 4) is 0 Å². The largest absolute Gasteiger partial charge is 0.388 e. The molecule has 2 nitrogen and oxygen atoms in total. The SMILES string of the molecule is CCC(C)N(CC)CCC(O)c1cccc(F)c1. The maximum Gasteiger partial charge on any atom is 0.123 e. The van der Waals surface area contributed by atoms with E-state index in [-0.39, 0.29) is 5.82 Å². The van der Waals surface area contributed by atoms with Crippen molar-refractivity contribution in [1.29, 1.82) is 0 Å². The molecule has 18 heavy (non-hydrogen) atoms. The molecule has 0 aliphatic carbocycles. The summed E-state index contributed by atoms with van der Waals surface area (Å²) in [7, 11) is 0. The number of benzene rings is 1. The number of rotatable bonds is 7. The zero-order valence-electron chi connectivity index (χ0n) is 11.6. The van der Waals surface area contributed by atoms with Crippen molar-refractivity contribution in [3.63, 3.8) is 0 Å². The zero-order valence-corrected chi connectivity index (χ0v) is 11.6. The Bertz CT molecular complexity index is 356. The second-order valence-corrected chi connectivity index (χ2v) is 4.75. The maximum absolute atomic E-state index is 13.1. The molecular formula is C15H24FNO. The minimum Gasteiger partial charge on any atom is -0.388 e. The average molecular weight is 253 g/mol. The molecule has 1 aromatic rings. The van der Waals surface area contributed by atoms with Gasteiger partial charge in [0.15, 0.2) is 0 Å². The van der Waals surface area contributed by atoms with E-state index in [1.54, 1.807) is 12.1 Å². The Morgan fingerprint density at radius 1 is 1.33 bits per heavy atom. The molecular weight excluding hydrogens is 229 g/mol. The molecule has 2 unspecified atom stereocenters. The molecule has 102 valence electrons. The Morgan fingerprint density at radius 2 is 2.06 bits per heavy atom. The highest BCUT2D eigenvalue weighted by molar-refractivity contribution is 5.18. The van der Waals surface area contributed by atoms with Crippen molar-refractivity contribution in [2.75, 3.05) is 13.1 Å². The van der Waals surface area contributed by atoms with E-state index in [1.165, 1.54) is 12.1 Å². The molecule has 0 aliphatic heterocycles. The third kappa shape index (κ3) is 4.39. The predicted octanol–water partition coefficient (Wildman–Crippen LogP) is 3.37. The fourth-order valence-electron chi connectivity index (χ4n) is 2.12. The van der Waals surface area contributed by atoms with Gasteiger partial charge in [-0.1, -0.05) is 26.0 Å². The molecule has 0 aliphatic rings. The topological polar surface area (TPSA) is 23.5 Å². The van der Waals surface area contributed by atoms with Gasteiger partial charge in [-0.3, -0.25) is 0 Å². The summed E-state index contributed by atoms with van der Waals surface area (Å²) in [5, 5.41) is 10.1.